The Balaban J connectivity index is 1.57. The first-order valence-electron chi connectivity index (χ1n) is 9.23. The van der Waals surface area contributed by atoms with Crippen LogP contribution < -0.4 is 9.47 Å². The smallest absolute Gasteiger partial charge is 0.254 e. The summed E-state index contributed by atoms with van der Waals surface area (Å²) < 4.78 is 10.7. The molecule has 0 saturated carbocycles. The van der Waals surface area contributed by atoms with E-state index in [1.54, 1.807) is 24.3 Å². The van der Waals surface area contributed by atoms with Crippen molar-refractivity contribution in [2.75, 3.05) is 26.4 Å². The molecule has 0 aliphatic carbocycles. The molecule has 2 fully saturated rings. The molecule has 3 aliphatic rings. The van der Waals surface area contributed by atoms with E-state index in [1.165, 1.54) is 0 Å². The Hall–Kier alpha value is -2.50. The number of carbonyl (C=O) groups is 2. The van der Waals surface area contributed by atoms with E-state index < -0.39 is 0 Å². The molecule has 1 aromatic rings. The van der Waals surface area contributed by atoms with Crippen LogP contribution in [0.5, 0.6) is 11.5 Å². The van der Waals surface area contributed by atoms with Gasteiger partial charge in [0.15, 0.2) is 11.5 Å². The second kappa shape index (κ2) is 6.67. The van der Waals surface area contributed by atoms with Gasteiger partial charge in [0.25, 0.3) is 5.91 Å². The van der Waals surface area contributed by atoms with E-state index in [2.05, 4.69) is 6.58 Å². The van der Waals surface area contributed by atoms with Crippen molar-refractivity contribution in [3.8, 4) is 11.5 Å². The van der Waals surface area contributed by atoms with Gasteiger partial charge in [0.05, 0.1) is 5.54 Å². The zero-order chi connectivity index (χ0) is 18.1. The molecule has 2 amide bonds. The largest absolute Gasteiger partial charge is 0.454 e. The standard InChI is InChI=1S/C20H24N2O4/c1-2-10-22-18(23)5-3-8-20(22)9-4-11-21(13-20)19(24)15-6-7-16-17(12-15)26-14-25-16/h2,6-7,12H,1,3-5,8-11,13-14H2. The molecule has 26 heavy (non-hydrogen) atoms. The van der Waals surface area contributed by atoms with E-state index in [0.717, 1.165) is 25.7 Å². The number of hydrogen-bond acceptors (Lipinski definition) is 4. The van der Waals surface area contributed by atoms with Gasteiger partial charge in [0.1, 0.15) is 0 Å². The highest BCUT2D eigenvalue weighted by Crippen LogP contribution is 2.38. The van der Waals surface area contributed by atoms with Crippen molar-refractivity contribution in [1.29, 1.82) is 0 Å². The van der Waals surface area contributed by atoms with Crippen LogP contribution in [-0.4, -0.2) is 53.6 Å². The number of fused-ring (bicyclic) bond motifs is 1. The molecule has 0 radical (unpaired) electrons. The van der Waals surface area contributed by atoms with Gasteiger partial charge in [0.2, 0.25) is 12.7 Å². The Kier molecular flexibility index (Phi) is 4.34. The van der Waals surface area contributed by atoms with Gasteiger partial charge in [-0.15, -0.1) is 6.58 Å². The predicted octanol–water partition coefficient (Wildman–Crippen LogP) is 2.59. The molecule has 3 aliphatic heterocycles. The highest BCUT2D eigenvalue weighted by Gasteiger charge is 2.45. The number of carbonyl (C=O) groups excluding carboxylic acids is 2. The Morgan fingerprint density at radius 2 is 2.04 bits per heavy atom. The third-order valence-corrected chi connectivity index (χ3v) is 5.68. The SMILES string of the molecule is C=CCN1C(=O)CCCC12CCCN(C(=O)c1ccc3c(c1)OCO3)C2. The van der Waals surface area contributed by atoms with Crippen LogP contribution in [-0.2, 0) is 4.79 Å². The Bertz CT molecular complexity index is 743. The average molecular weight is 356 g/mol. The quantitative estimate of drug-likeness (QED) is 0.781. The van der Waals surface area contributed by atoms with Gasteiger partial charge in [-0.1, -0.05) is 6.08 Å². The minimum atomic E-state index is -0.256. The maximum atomic E-state index is 13.1. The predicted molar refractivity (Wildman–Crippen MR) is 96.2 cm³/mol. The Labute approximate surface area is 153 Å². The first kappa shape index (κ1) is 16.9. The third kappa shape index (κ3) is 2.83. The lowest BCUT2D eigenvalue weighted by molar-refractivity contribution is -0.143. The van der Waals surface area contributed by atoms with Crippen LogP contribution in [0.4, 0.5) is 0 Å². The van der Waals surface area contributed by atoms with Gasteiger partial charge in [-0.2, -0.15) is 0 Å². The monoisotopic (exact) mass is 356 g/mol. The van der Waals surface area contributed by atoms with Gasteiger partial charge in [0, 0.05) is 31.6 Å². The summed E-state index contributed by atoms with van der Waals surface area (Å²) in [4.78, 5) is 29.4. The lowest BCUT2D eigenvalue weighted by Gasteiger charge is -2.52. The summed E-state index contributed by atoms with van der Waals surface area (Å²) in [6.45, 7) is 5.84. The second-order valence-electron chi connectivity index (χ2n) is 7.27. The highest BCUT2D eigenvalue weighted by atomic mass is 16.7. The summed E-state index contributed by atoms with van der Waals surface area (Å²) >= 11 is 0. The number of amides is 2. The molecular weight excluding hydrogens is 332 g/mol. The fourth-order valence-corrected chi connectivity index (χ4v) is 4.45. The molecule has 1 aromatic carbocycles. The van der Waals surface area contributed by atoms with Crippen molar-refractivity contribution in [2.45, 2.75) is 37.6 Å². The van der Waals surface area contributed by atoms with Crippen molar-refractivity contribution in [2.24, 2.45) is 0 Å². The molecule has 0 bridgehead atoms. The van der Waals surface area contributed by atoms with E-state index in [-0.39, 0.29) is 24.1 Å². The topological polar surface area (TPSA) is 59.1 Å². The van der Waals surface area contributed by atoms with Gasteiger partial charge in [-0.05, 0) is 43.9 Å². The van der Waals surface area contributed by atoms with Crippen molar-refractivity contribution in [3.05, 3.63) is 36.4 Å². The Morgan fingerprint density at radius 3 is 2.88 bits per heavy atom. The second-order valence-corrected chi connectivity index (χ2v) is 7.27. The number of ether oxygens (including phenoxy) is 2. The van der Waals surface area contributed by atoms with E-state index in [1.807, 2.05) is 9.80 Å². The van der Waals surface area contributed by atoms with Gasteiger partial charge < -0.3 is 19.3 Å². The molecule has 6 heteroatoms. The van der Waals surface area contributed by atoms with Crippen LogP contribution in [0.15, 0.2) is 30.9 Å². The summed E-state index contributed by atoms with van der Waals surface area (Å²) in [6, 6.07) is 5.31. The molecule has 138 valence electrons. The van der Waals surface area contributed by atoms with E-state index >= 15 is 0 Å². The summed E-state index contributed by atoms with van der Waals surface area (Å²) in [5.41, 5.74) is 0.344. The molecule has 4 rings (SSSR count). The average Bonchev–Trinajstić information content (AvgIpc) is 3.12. The molecule has 3 heterocycles. The molecule has 0 aromatic heterocycles. The molecule has 6 nitrogen and oxygen atoms in total. The number of piperidine rings is 2. The summed E-state index contributed by atoms with van der Waals surface area (Å²) in [7, 11) is 0. The minimum absolute atomic E-state index is 0.0149. The first-order valence-corrected chi connectivity index (χ1v) is 9.23. The van der Waals surface area contributed by atoms with Crippen molar-refractivity contribution in [1.82, 2.24) is 9.80 Å². The number of likely N-dealkylation sites (tertiary alicyclic amines) is 2. The molecular formula is C20H24N2O4. The first-order chi connectivity index (χ1) is 12.6. The summed E-state index contributed by atoms with van der Waals surface area (Å²) in [5, 5.41) is 0. The summed E-state index contributed by atoms with van der Waals surface area (Å²) in [6.07, 6.45) is 6.04. The zero-order valence-corrected chi connectivity index (χ0v) is 14.9. The number of benzene rings is 1. The lowest BCUT2D eigenvalue weighted by atomic mass is 9.79. The van der Waals surface area contributed by atoms with Crippen molar-refractivity contribution < 1.29 is 19.1 Å². The Morgan fingerprint density at radius 1 is 1.23 bits per heavy atom. The molecule has 0 N–H and O–H groups in total. The summed E-state index contributed by atoms with van der Waals surface area (Å²) in [5.74, 6) is 1.45. The maximum absolute atomic E-state index is 13.1. The van der Waals surface area contributed by atoms with Crippen LogP contribution in [0.2, 0.25) is 0 Å². The fourth-order valence-electron chi connectivity index (χ4n) is 4.45. The fraction of sp³-hybridized carbons (Fsp3) is 0.500. The highest BCUT2D eigenvalue weighted by molar-refractivity contribution is 5.95. The number of rotatable bonds is 3. The molecule has 1 unspecified atom stereocenters. The van der Waals surface area contributed by atoms with Crippen LogP contribution in [0.3, 0.4) is 0 Å². The molecule has 1 spiro atoms. The van der Waals surface area contributed by atoms with E-state index in [9.17, 15) is 9.59 Å². The van der Waals surface area contributed by atoms with E-state index in [4.69, 9.17) is 9.47 Å². The van der Waals surface area contributed by atoms with Crippen molar-refractivity contribution >= 4 is 11.8 Å². The number of hydrogen-bond donors (Lipinski definition) is 0. The zero-order valence-electron chi connectivity index (χ0n) is 14.9. The van der Waals surface area contributed by atoms with Crippen LogP contribution in [0, 0.1) is 0 Å². The van der Waals surface area contributed by atoms with E-state index in [0.29, 0.717) is 43.1 Å². The van der Waals surface area contributed by atoms with Gasteiger partial charge in [-0.25, -0.2) is 0 Å². The molecule has 1 atom stereocenters. The van der Waals surface area contributed by atoms with Crippen LogP contribution in [0.1, 0.15) is 42.5 Å². The normalized spacial score (nSPS) is 24.8. The number of nitrogens with zero attached hydrogens (tertiary/aromatic N) is 2. The van der Waals surface area contributed by atoms with Crippen molar-refractivity contribution in [3.63, 3.8) is 0 Å². The minimum Gasteiger partial charge on any atom is -0.454 e. The maximum Gasteiger partial charge on any atom is 0.254 e. The van der Waals surface area contributed by atoms with Gasteiger partial charge in [-0.3, -0.25) is 9.59 Å². The third-order valence-electron chi connectivity index (χ3n) is 5.68. The molecule has 2 saturated heterocycles. The van der Waals surface area contributed by atoms with Crippen LogP contribution in [0.25, 0.3) is 0 Å². The van der Waals surface area contributed by atoms with Crippen LogP contribution >= 0.6 is 0 Å². The lowest BCUT2D eigenvalue weighted by Crippen LogP contribution is -2.63. The van der Waals surface area contributed by atoms with Gasteiger partial charge >= 0.3 is 0 Å².